The Bertz CT molecular complexity index is 306. The van der Waals surface area contributed by atoms with E-state index in [-0.39, 0.29) is 11.9 Å². The van der Waals surface area contributed by atoms with Gasteiger partial charge in [0, 0.05) is 19.7 Å². The summed E-state index contributed by atoms with van der Waals surface area (Å²) in [4.78, 5) is 2.21. The topological polar surface area (TPSA) is 69.6 Å². The second kappa shape index (κ2) is 7.31. The van der Waals surface area contributed by atoms with E-state index in [4.69, 9.17) is 5.11 Å². The molecule has 0 radical (unpaired) electrons. The van der Waals surface area contributed by atoms with Gasteiger partial charge in [0.2, 0.25) is 10.0 Å². The molecule has 102 valence electrons. The predicted octanol–water partition coefficient (Wildman–Crippen LogP) is 0.163. The van der Waals surface area contributed by atoms with Crippen LogP contribution in [0.4, 0.5) is 0 Å². The number of rotatable bonds is 8. The Hall–Kier alpha value is -0.170. The largest absolute Gasteiger partial charge is 0.396 e. The molecule has 1 fully saturated rings. The van der Waals surface area contributed by atoms with E-state index in [9.17, 15) is 8.42 Å². The Morgan fingerprint density at radius 1 is 1.35 bits per heavy atom. The third kappa shape index (κ3) is 4.91. The van der Waals surface area contributed by atoms with E-state index in [2.05, 4.69) is 9.62 Å². The highest BCUT2D eigenvalue weighted by molar-refractivity contribution is 7.90. The van der Waals surface area contributed by atoms with Crippen molar-refractivity contribution in [3.8, 4) is 0 Å². The summed E-state index contributed by atoms with van der Waals surface area (Å²) in [6.07, 6.45) is 3.62. The van der Waals surface area contributed by atoms with Gasteiger partial charge in [-0.3, -0.25) is 0 Å². The zero-order chi connectivity index (χ0) is 12.7. The molecule has 17 heavy (non-hydrogen) atoms. The van der Waals surface area contributed by atoms with Gasteiger partial charge in [-0.25, -0.2) is 13.1 Å². The lowest BCUT2D eigenvalue weighted by molar-refractivity contribution is 0.273. The van der Waals surface area contributed by atoms with Gasteiger partial charge in [0.25, 0.3) is 0 Å². The van der Waals surface area contributed by atoms with Crippen molar-refractivity contribution in [3.63, 3.8) is 0 Å². The first-order chi connectivity index (χ1) is 8.10. The number of sulfonamides is 1. The van der Waals surface area contributed by atoms with Crippen LogP contribution >= 0.6 is 0 Å². The van der Waals surface area contributed by atoms with Gasteiger partial charge in [-0.05, 0) is 38.8 Å². The first-order valence-corrected chi connectivity index (χ1v) is 7.96. The molecule has 0 bridgehead atoms. The van der Waals surface area contributed by atoms with Crippen molar-refractivity contribution >= 4 is 10.0 Å². The number of hydrogen-bond acceptors (Lipinski definition) is 4. The summed E-state index contributed by atoms with van der Waals surface area (Å²) in [5.74, 6) is 0. The Balaban J connectivity index is 2.27. The molecule has 1 rings (SSSR count). The van der Waals surface area contributed by atoms with Crippen LogP contribution in [0.3, 0.4) is 0 Å². The maximum atomic E-state index is 11.8. The molecule has 0 saturated carbocycles. The highest BCUT2D eigenvalue weighted by Gasteiger charge is 2.31. The summed E-state index contributed by atoms with van der Waals surface area (Å²) < 4.78 is 26.1. The van der Waals surface area contributed by atoms with Gasteiger partial charge in [0.1, 0.15) is 0 Å². The zero-order valence-electron chi connectivity index (χ0n) is 10.6. The fourth-order valence-corrected chi connectivity index (χ4v) is 3.66. The highest BCUT2D eigenvalue weighted by atomic mass is 32.2. The number of nitrogens with one attached hydrogen (secondary N) is 1. The van der Waals surface area contributed by atoms with Gasteiger partial charge in [0.15, 0.2) is 0 Å². The van der Waals surface area contributed by atoms with Crippen LogP contribution in [0, 0.1) is 0 Å². The molecule has 1 aliphatic rings. The van der Waals surface area contributed by atoms with Crippen LogP contribution in [0.2, 0.25) is 0 Å². The lowest BCUT2D eigenvalue weighted by Crippen LogP contribution is -2.36. The minimum Gasteiger partial charge on any atom is -0.396 e. The van der Waals surface area contributed by atoms with Gasteiger partial charge in [-0.15, -0.1) is 0 Å². The second-order valence-electron chi connectivity index (χ2n) is 4.54. The molecule has 1 unspecified atom stereocenters. The fourth-order valence-electron chi connectivity index (χ4n) is 2.20. The van der Waals surface area contributed by atoms with E-state index in [1.165, 1.54) is 0 Å². The van der Waals surface area contributed by atoms with Crippen molar-refractivity contribution in [2.75, 3.05) is 32.8 Å². The lowest BCUT2D eigenvalue weighted by atomic mass is 10.2. The van der Waals surface area contributed by atoms with E-state index >= 15 is 0 Å². The highest BCUT2D eigenvalue weighted by Crippen LogP contribution is 2.16. The Kier molecular flexibility index (Phi) is 6.40. The predicted molar refractivity (Wildman–Crippen MR) is 68.4 cm³/mol. The summed E-state index contributed by atoms with van der Waals surface area (Å²) in [6.45, 7) is 4.98. The Morgan fingerprint density at radius 2 is 2.12 bits per heavy atom. The van der Waals surface area contributed by atoms with Crippen molar-refractivity contribution in [3.05, 3.63) is 0 Å². The molecule has 6 heteroatoms. The minimum absolute atomic E-state index is 0.247. The molecule has 0 amide bonds. The molecule has 0 aromatic rings. The van der Waals surface area contributed by atoms with E-state index in [0.29, 0.717) is 13.1 Å². The molecule has 1 aliphatic heterocycles. The molecule has 5 nitrogen and oxygen atoms in total. The van der Waals surface area contributed by atoms with Gasteiger partial charge in [-0.2, -0.15) is 0 Å². The standard InChI is InChI=1S/C11H24N2O3S/c1-2-12-17(15,16)11-6-8-13(10-11)7-4-3-5-9-14/h11-12,14H,2-10H2,1H3. The van der Waals surface area contributed by atoms with E-state index < -0.39 is 10.0 Å². The van der Waals surface area contributed by atoms with E-state index in [0.717, 1.165) is 38.8 Å². The SMILES string of the molecule is CCNS(=O)(=O)C1CCN(CCCCCO)C1. The van der Waals surface area contributed by atoms with Crippen molar-refractivity contribution in [1.29, 1.82) is 0 Å². The van der Waals surface area contributed by atoms with Crippen LogP contribution in [0.5, 0.6) is 0 Å². The maximum absolute atomic E-state index is 11.8. The number of hydrogen-bond donors (Lipinski definition) is 2. The van der Waals surface area contributed by atoms with Crippen molar-refractivity contribution in [2.45, 2.75) is 37.9 Å². The average Bonchev–Trinajstić information content (AvgIpc) is 2.74. The van der Waals surface area contributed by atoms with Crippen LogP contribution in [-0.4, -0.2) is 56.5 Å². The zero-order valence-corrected chi connectivity index (χ0v) is 11.4. The van der Waals surface area contributed by atoms with Crippen molar-refractivity contribution in [1.82, 2.24) is 9.62 Å². The lowest BCUT2D eigenvalue weighted by Gasteiger charge is -2.16. The van der Waals surface area contributed by atoms with Gasteiger partial charge in [-0.1, -0.05) is 6.92 Å². The van der Waals surface area contributed by atoms with Gasteiger partial charge in [0.05, 0.1) is 5.25 Å². The van der Waals surface area contributed by atoms with Crippen LogP contribution in [0.15, 0.2) is 0 Å². The first kappa shape index (κ1) is 14.9. The van der Waals surface area contributed by atoms with Crippen molar-refractivity contribution in [2.24, 2.45) is 0 Å². The Labute approximate surface area is 104 Å². The van der Waals surface area contributed by atoms with Gasteiger partial charge >= 0.3 is 0 Å². The molecular weight excluding hydrogens is 240 g/mol. The number of nitrogens with zero attached hydrogens (tertiary/aromatic N) is 1. The molecule has 2 N–H and O–H groups in total. The van der Waals surface area contributed by atoms with E-state index in [1.54, 1.807) is 6.92 Å². The smallest absolute Gasteiger partial charge is 0.215 e. The molecule has 1 heterocycles. The molecule has 0 aromatic heterocycles. The molecule has 0 aliphatic carbocycles. The normalized spacial score (nSPS) is 22.1. The Morgan fingerprint density at radius 3 is 2.76 bits per heavy atom. The van der Waals surface area contributed by atoms with Gasteiger partial charge < -0.3 is 10.0 Å². The summed E-state index contributed by atoms with van der Waals surface area (Å²) in [5.41, 5.74) is 0. The average molecular weight is 264 g/mol. The minimum atomic E-state index is -3.11. The first-order valence-electron chi connectivity index (χ1n) is 6.42. The van der Waals surface area contributed by atoms with E-state index in [1.807, 2.05) is 0 Å². The van der Waals surface area contributed by atoms with Crippen LogP contribution in [-0.2, 0) is 10.0 Å². The monoisotopic (exact) mass is 264 g/mol. The van der Waals surface area contributed by atoms with Crippen LogP contribution in [0.25, 0.3) is 0 Å². The molecule has 0 aromatic carbocycles. The van der Waals surface area contributed by atoms with Crippen molar-refractivity contribution < 1.29 is 13.5 Å². The molecular formula is C11H24N2O3S. The summed E-state index contributed by atoms with van der Waals surface area (Å²) in [6, 6.07) is 0. The number of likely N-dealkylation sites (tertiary alicyclic amines) is 1. The number of unbranched alkanes of at least 4 members (excludes halogenated alkanes) is 2. The van der Waals surface area contributed by atoms with Crippen LogP contribution < -0.4 is 4.72 Å². The molecule has 1 saturated heterocycles. The summed E-state index contributed by atoms with van der Waals surface area (Å²) >= 11 is 0. The molecule has 1 atom stereocenters. The maximum Gasteiger partial charge on any atom is 0.215 e. The third-order valence-corrected chi connectivity index (χ3v) is 5.10. The second-order valence-corrected chi connectivity index (χ2v) is 6.58. The third-order valence-electron chi connectivity index (χ3n) is 3.15. The summed E-state index contributed by atoms with van der Waals surface area (Å²) in [5, 5.41) is 8.42. The quantitative estimate of drug-likeness (QED) is 0.613. The summed E-state index contributed by atoms with van der Waals surface area (Å²) in [7, 11) is -3.11. The number of aliphatic hydroxyl groups excluding tert-OH is 1. The van der Waals surface area contributed by atoms with Crippen LogP contribution in [0.1, 0.15) is 32.6 Å². The molecule has 0 spiro atoms. The number of aliphatic hydroxyl groups is 1. The fraction of sp³-hybridized carbons (Fsp3) is 1.00.